The molecule has 1 N–H and O–H groups in total. The lowest BCUT2D eigenvalue weighted by Gasteiger charge is -2.26. The predicted molar refractivity (Wildman–Crippen MR) is 111 cm³/mol. The summed E-state index contributed by atoms with van der Waals surface area (Å²) in [6.07, 6.45) is -4.44. The molecule has 0 fully saturated rings. The molecule has 1 amide bonds. The summed E-state index contributed by atoms with van der Waals surface area (Å²) in [6.45, 7) is 3.28. The number of rotatable bonds is 6. The fourth-order valence-electron chi connectivity index (χ4n) is 3.06. The van der Waals surface area contributed by atoms with Crippen molar-refractivity contribution in [3.05, 3.63) is 88.2 Å². The molecule has 0 aliphatic carbocycles. The Bertz CT molecular complexity index is 1120. The Morgan fingerprint density at radius 2 is 1.65 bits per heavy atom. The van der Waals surface area contributed by atoms with Gasteiger partial charge in [0.1, 0.15) is 6.54 Å². The van der Waals surface area contributed by atoms with Crippen LogP contribution in [0.4, 0.5) is 13.2 Å². The minimum atomic E-state index is -4.44. The molecule has 0 spiro atoms. The van der Waals surface area contributed by atoms with Crippen LogP contribution in [-0.2, 0) is 22.9 Å². The van der Waals surface area contributed by atoms with Gasteiger partial charge in [-0.1, -0.05) is 62.4 Å². The minimum absolute atomic E-state index is 0.0975. The lowest BCUT2D eigenvalue weighted by atomic mass is 9.83. The number of benzene rings is 2. The van der Waals surface area contributed by atoms with Gasteiger partial charge in [0.05, 0.1) is 11.3 Å². The van der Waals surface area contributed by atoms with Crippen LogP contribution in [0.15, 0.2) is 71.5 Å². The van der Waals surface area contributed by atoms with Crippen LogP contribution in [0.1, 0.15) is 25.0 Å². The summed E-state index contributed by atoms with van der Waals surface area (Å²) in [5, 5.41) is 6.94. The van der Waals surface area contributed by atoms with E-state index >= 15 is 0 Å². The molecule has 2 aromatic carbocycles. The zero-order chi connectivity index (χ0) is 22.6. The number of carbonyl (C=O) groups is 1. The number of carbonyl (C=O) groups excluding carboxylic acids is 1. The maximum atomic E-state index is 13.0. The first kappa shape index (κ1) is 22.3. The highest BCUT2D eigenvalue weighted by Gasteiger charge is 2.32. The highest BCUT2D eigenvalue weighted by molar-refractivity contribution is 5.75. The number of nitrogens with one attached hydrogen (secondary N) is 1. The molecule has 0 unspecified atom stereocenters. The number of amides is 1. The van der Waals surface area contributed by atoms with E-state index in [4.69, 9.17) is 0 Å². The smallest absolute Gasteiger partial charge is 0.354 e. The van der Waals surface area contributed by atoms with Gasteiger partial charge in [0.25, 0.3) is 5.56 Å². The Balaban J connectivity index is 1.70. The van der Waals surface area contributed by atoms with Crippen molar-refractivity contribution in [2.75, 3.05) is 6.54 Å². The summed E-state index contributed by atoms with van der Waals surface area (Å²) >= 11 is 0. The second kappa shape index (κ2) is 8.75. The van der Waals surface area contributed by atoms with Crippen molar-refractivity contribution in [1.29, 1.82) is 0 Å². The first-order chi connectivity index (χ1) is 14.6. The van der Waals surface area contributed by atoms with Gasteiger partial charge < -0.3 is 5.32 Å². The Hall–Kier alpha value is -3.42. The molecule has 162 valence electrons. The lowest BCUT2D eigenvalue weighted by Crippen LogP contribution is -2.40. The number of alkyl halides is 3. The standard InChI is InChI=1S/C23H22F3N3O2/c1-22(2,17-9-6-10-18(13-17)23(24,25)26)15-27-20(30)14-29-21(31)12-11-19(28-29)16-7-4-3-5-8-16/h3-13H,14-15H2,1-2H3,(H,27,30). The summed E-state index contributed by atoms with van der Waals surface area (Å²) in [5.74, 6) is -0.458. The summed E-state index contributed by atoms with van der Waals surface area (Å²) in [4.78, 5) is 24.5. The van der Waals surface area contributed by atoms with Gasteiger partial charge in [-0.15, -0.1) is 0 Å². The molecule has 0 aliphatic heterocycles. The molecule has 0 atom stereocenters. The van der Waals surface area contributed by atoms with Crippen molar-refractivity contribution in [3.63, 3.8) is 0 Å². The molecule has 0 bridgehead atoms. The Morgan fingerprint density at radius 1 is 0.968 bits per heavy atom. The quantitative estimate of drug-likeness (QED) is 0.644. The van der Waals surface area contributed by atoms with E-state index in [9.17, 15) is 22.8 Å². The molecule has 8 heteroatoms. The summed E-state index contributed by atoms with van der Waals surface area (Å²) in [7, 11) is 0. The van der Waals surface area contributed by atoms with E-state index in [0.717, 1.165) is 22.4 Å². The molecule has 1 heterocycles. The molecule has 31 heavy (non-hydrogen) atoms. The van der Waals surface area contributed by atoms with Crippen molar-refractivity contribution >= 4 is 5.91 Å². The Morgan fingerprint density at radius 3 is 2.32 bits per heavy atom. The predicted octanol–water partition coefficient (Wildman–Crippen LogP) is 4.02. The van der Waals surface area contributed by atoms with E-state index in [1.807, 2.05) is 30.3 Å². The normalized spacial score (nSPS) is 11.9. The maximum absolute atomic E-state index is 13.0. The third-order valence-corrected chi connectivity index (χ3v) is 4.93. The van der Waals surface area contributed by atoms with Gasteiger partial charge in [-0.05, 0) is 17.7 Å². The lowest BCUT2D eigenvalue weighted by molar-refractivity contribution is -0.137. The number of hydrogen-bond acceptors (Lipinski definition) is 3. The van der Waals surface area contributed by atoms with Crippen LogP contribution >= 0.6 is 0 Å². The second-order valence-corrected chi connectivity index (χ2v) is 7.82. The largest absolute Gasteiger partial charge is 0.416 e. The monoisotopic (exact) mass is 429 g/mol. The van der Waals surface area contributed by atoms with Gasteiger partial charge in [0.2, 0.25) is 5.91 Å². The topological polar surface area (TPSA) is 64.0 Å². The number of hydrogen-bond donors (Lipinski definition) is 1. The third kappa shape index (κ3) is 5.59. The van der Waals surface area contributed by atoms with E-state index in [1.165, 1.54) is 12.1 Å². The molecule has 3 aromatic rings. The van der Waals surface area contributed by atoms with Crippen molar-refractivity contribution in [2.45, 2.75) is 32.0 Å². The summed E-state index contributed by atoms with van der Waals surface area (Å²) in [5.41, 5.74) is -0.102. The van der Waals surface area contributed by atoms with E-state index in [1.54, 1.807) is 26.0 Å². The molecule has 3 rings (SSSR count). The van der Waals surface area contributed by atoms with Gasteiger partial charge >= 0.3 is 6.18 Å². The highest BCUT2D eigenvalue weighted by atomic mass is 19.4. The fraction of sp³-hybridized carbons (Fsp3) is 0.261. The van der Waals surface area contributed by atoms with E-state index in [-0.39, 0.29) is 13.1 Å². The summed E-state index contributed by atoms with van der Waals surface area (Å²) < 4.78 is 40.1. The van der Waals surface area contributed by atoms with Crippen molar-refractivity contribution in [1.82, 2.24) is 15.1 Å². The zero-order valence-corrected chi connectivity index (χ0v) is 17.1. The van der Waals surface area contributed by atoms with Gasteiger partial charge in [-0.2, -0.15) is 18.3 Å². The van der Waals surface area contributed by atoms with Crippen molar-refractivity contribution < 1.29 is 18.0 Å². The first-order valence-electron chi connectivity index (χ1n) is 9.64. The molecule has 0 radical (unpaired) electrons. The fourth-order valence-corrected chi connectivity index (χ4v) is 3.06. The SMILES string of the molecule is CC(C)(CNC(=O)Cn1nc(-c2ccccc2)ccc1=O)c1cccc(C(F)(F)F)c1. The van der Waals surface area contributed by atoms with Crippen LogP contribution in [0, 0.1) is 0 Å². The zero-order valence-electron chi connectivity index (χ0n) is 17.1. The molecular weight excluding hydrogens is 407 g/mol. The van der Waals surface area contributed by atoms with Crippen molar-refractivity contribution in [2.24, 2.45) is 0 Å². The van der Waals surface area contributed by atoms with E-state index < -0.39 is 28.6 Å². The Kier molecular flexibility index (Phi) is 6.29. The third-order valence-electron chi connectivity index (χ3n) is 4.93. The summed E-state index contributed by atoms with van der Waals surface area (Å²) in [6, 6.07) is 17.2. The van der Waals surface area contributed by atoms with Gasteiger partial charge in [0.15, 0.2) is 0 Å². The molecule has 1 aromatic heterocycles. The van der Waals surface area contributed by atoms with Gasteiger partial charge in [0, 0.05) is 23.6 Å². The number of aromatic nitrogens is 2. The van der Waals surface area contributed by atoms with E-state index in [2.05, 4.69) is 10.4 Å². The van der Waals surface area contributed by atoms with Crippen molar-refractivity contribution in [3.8, 4) is 11.3 Å². The number of halogens is 3. The highest BCUT2D eigenvalue weighted by Crippen LogP contribution is 2.32. The van der Waals surface area contributed by atoms with Crippen LogP contribution in [0.2, 0.25) is 0 Å². The van der Waals surface area contributed by atoms with Crippen LogP contribution in [0.25, 0.3) is 11.3 Å². The minimum Gasteiger partial charge on any atom is -0.354 e. The van der Waals surface area contributed by atoms with Gasteiger partial charge in [-0.25, -0.2) is 4.68 Å². The average molecular weight is 429 g/mol. The molecule has 0 saturated heterocycles. The molecular formula is C23H22F3N3O2. The van der Waals surface area contributed by atoms with E-state index in [0.29, 0.717) is 11.3 Å². The molecule has 0 aliphatic rings. The van der Waals surface area contributed by atoms with Crippen LogP contribution < -0.4 is 10.9 Å². The second-order valence-electron chi connectivity index (χ2n) is 7.82. The molecule has 5 nitrogen and oxygen atoms in total. The maximum Gasteiger partial charge on any atom is 0.416 e. The van der Waals surface area contributed by atoms with Crippen LogP contribution in [0.5, 0.6) is 0 Å². The number of nitrogens with zero attached hydrogens (tertiary/aromatic N) is 2. The van der Waals surface area contributed by atoms with Gasteiger partial charge in [-0.3, -0.25) is 9.59 Å². The first-order valence-corrected chi connectivity index (χ1v) is 9.64. The molecule has 0 saturated carbocycles. The van der Waals surface area contributed by atoms with Crippen LogP contribution in [-0.4, -0.2) is 22.2 Å². The Labute approximate surface area is 177 Å². The van der Waals surface area contributed by atoms with Crippen LogP contribution in [0.3, 0.4) is 0 Å². The average Bonchev–Trinajstić information content (AvgIpc) is 2.74.